The van der Waals surface area contributed by atoms with Crippen LogP contribution in [0.1, 0.15) is 28.6 Å². The predicted molar refractivity (Wildman–Crippen MR) is 117 cm³/mol. The number of hydrogen-bond acceptors (Lipinski definition) is 5. The molecule has 0 aliphatic carbocycles. The normalized spacial score (nSPS) is 17.6. The van der Waals surface area contributed by atoms with E-state index in [1.807, 2.05) is 36.0 Å². The maximum Gasteiger partial charge on any atom is 0.354 e. The van der Waals surface area contributed by atoms with E-state index in [1.54, 1.807) is 6.20 Å². The van der Waals surface area contributed by atoms with Crippen molar-refractivity contribution in [2.45, 2.75) is 12.5 Å². The molecule has 2 atom stereocenters. The Morgan fingerprint density at radius 2 is 2.17 bits per heavy atom. The van der Waals surface area contributed by atoms with Crippen LogP contribution in [0, 0.1) is 5.92 Å². The molecule has 2 unspecified atom stereocenters. The summed E-state index contributed by atoms with van der Waals surface area (Å²) in [7, 11) is 3.27. The first kappa shape index (κ1) is 19.3. The van der Waals surface area contributed by atoms with Gasteiger partial charge in [0, 0.05) is 36.4 Å². The van der Waals surface area contributed by atoms with E-state index in [2.05, 4.69) is 37.6 Å². The van der Waals surface area contributed by atoms with Gasteiger partial charge in [0.05, 0.1) is 42.0 Å². The minimum absolute atomic E-state index is 0.0438. The second-order valence-corrected chi connectivity index (χ2v) is 8.44. The molecule has 7 nitrogen and oxygen atoms in total. The van der Waals surface area contributed by atoms with E-state index < -0.39 is 0 Å². The number of aryl methyl sites for hydroxylation is 1. The van der Waals surface area contributed by atoms with Gasteiger partial charge >= 0.3 is 5.97 Å². The van der Waals surface area contributed by atoms with Crippen LogP contribution in [0.15, 0.2) is 47.2 Å². The van der Waals surface area contributed by atoms with Gasteiger partial charge < -0.3 is 18.6 Å². The summed E-state index contributed by atoms with van der Waals surface area (Å²) in [5.41, 5.74) is 5.12. The van der Waals surface area contributed by atoms with Crippen LogP contribution < -0.4 is 0 Å². The molecular formula is C22H21BrN4O3. The Morgan fingerprint density at radius 3 is 2.87 bits per heavy atom. The minimum Gasteiger partial charge on any atom is -0.464 e. The van der Waals surface area contributed by atoms with Gasteiger partial charge in [-0.3, -0.25) is 9.97 Å². The van der Waals surface area contributed by atoms with E-state index in [0.717, 1.165) is 45.3 Å². The van der Waals surface area contributed by atoms with Crippen molar-refractivity contribution in [1.29, 1.82) is 0 Å². The Bertz CT molecular complexity index is 1240. The van der Waals surface area contributed by atoms with Crippen molar-refractivity contribution in [3.8, 4) is 0 Å². The summed E-state index contributed by atoms with van der Waals surface area (Å²) in [5, 5.41) is 0. The fourth-order valence-corrected chi connectivity index (χ4v) is 4.83. The lowest BCUT2D eigenvalue weighted by Crippen LogP contribution is -2.22. The third kappa shape index (κ3) is 2.94. The molecule has 1 saturated heterocycles. The molecule has 0 radical (unpaired) electrons. The predicted octanol–water partition coefficient (Wildman–Crippen LogP) is 4.10. The first-order valence-corrected chi connectivity index (χ1v) is 10.6. The lowest BCUT2D eigenvalue weighted by atomic mass is 9.95. The number of carbonyl (C=O) groups excluding carboxylic acids is 1. The SMILES string of the molecule is COC(=O)c1cc2c(c3ncc(Br)cc3n2C(c2ccccn2)C2CCOC2)n1C. The second kappa shape index (κ2) is 7.52. The smallest absolute Gasteiger partial charge is 0.354 e. The molecule has 0 amide bonds. The fourth-order valence-electron chi connectivity index (χ4n) is 4.51. The van der Waals surface area contributed by atoms with Gasteiger partial charge in [0.2, 0.25) is 0 Å². The summed E-state index contributed by atoms with van der Waals surface area (Å²) < 4.78 is 15.8. The van der Waals surface area contributed by atoms with Crippen LogP contribution in [0.25, 0.3) is 22.1 Å². The number of halogens is 1. The highest BCUT2D eigenvalue weighted by Crippen LogP contribution is 2.40. The zero-order valence-corrected chi connectivity index (χ0v) is 18.3. The van der Waals surface area contributed by atoms with Gasteiger partial charge in [-0.25, -0.2) is 4.79 Å². The Labute approximate surface area is 181 Å². The van der Waals surface area contributed by atoms with Crippen molar-refractivity contribution >= 4 is 44.0 Å². The monoisotopic (exact) mass is 468 g/mol. The highest BCUT2D eigenvalue weighted by atomic mass is 79.9. The number of aromatic nitrogens is 4. The number of ether oxygens (including phenoxy) is 2. The van der Waals surface area contributed by atoms with Crippen molar-refractivity contribution < 1.29 is 14.3 Å². The second-order valence-electron chi connectivity index (χ2n) is 7.53. The molecule has 0 spiro atoms. The van der Waals surface area contributed by atoms with Gasteiger partial charge in [-0.15, -0.1) is 0 Å². The Balaban J connectivity index is 1.86. The van der Waals surface area contributed by atoms with Crippen molar-refractivity contribution in [3.05, 3.63) is 58.6 Å². The molecule has 0 bridgehead atoms. The molecule has 0 N–H and O–H groups in total. The molecule has 1 aliphatic rings. The lowest BCUT2D eigenvalue weighted by molar-refractivity contribution is 0.0590. The van der Waals surface area contributed by atoms with Crippen LogP contribution in [-0.4, -0.2) is 45.4 Å². The van der Waals surface area contributed by atoms with E-state index in [9.17, 15) is 4.79 Å². The maximum atomic E-state index is 12.4. The molecule has 0 aromatic carbocycles. The van der Waals surface area contributed by atoms with E-state index in [1.165, 1.54) is 7.11 Å². The number of hydrogen-bond donors (Lipinski definition) is 0. The van der Waals surface area contributed by atoms with Gasteiger partial charge in [0.25, 0.3) is 0 Å². The highest BCUT2D eigenvalue weighted by molar-refractivity contribution is 9.10. The molecule has 4 aromatic rings. The van der Waals surface area contributed by atoms with Gasteiger partial charge in [-0.1, -0.05) is 6.07 Å². The third-order valence-electron chi connectivity index (χ3n) is 5.87. The van der Waals surface area contributed by atoms with Crippen molar-refractivity contribution in [1.82, 2.24) is 19.1 Å². The Kier molecular flexibility index (Phi) is 4.83. The summed E-state index contributed by atoms with van der Waals surface area (Å²) >= 11 is 3.57. The molecule has 0 saturated carbocycles. The third-order valence-corrected chi connectivity index (χ3v) is 6.30. The summed E-state index contributed by atoms with van der Waals surface area (Å²) in [4.78, 5) is 21.8. The number of esters is 1. The molecule has 8 heteroatoms. The van der Waals surface area contributed by atoms with Gasteiger partial charge in [-0.05, 0) is 46.6 Å². The molecule has 5 heterocycles. The Hall–Kier alpha value is -2.71. The zero-order valence-electron chi connectivity index (χ0n) is 16.7. The minimum atomic E-state index is -0.371. The van der Waals surface area contributed by atoms with Crippen LogP contribution in [-0.2, 0) is 16.5 Å². The first-order chi connectivity index (χ1) is 14.6. The summed E-state index contributed by atoms with van der Waals surface area (Å²) in [6.07, 6.45) is 4.55. The van der Waals surface area contributed by atoms with Gasteiger partial charge in [0.1, 0.15) is 11.2 Å². The number of methoxy groups -OCH3 is 1. The summed E-state index contributed by atoms with van der Waals surface area (Å²) in [6.45, 7) is 1.40. The molecule has 30 heavy (non-hydrogen) atoms. The van der Waals surface area contributed by atoms with Crippen molar-refractivity contribution in [2.75, 3.05) is 20.3 Å². The average molecular weight is 469 g/mol. The molecule has 1 fully saturated rings. The summed E-state index contributed by atoms with van der Waals surface area (Å²) in [6, 6.07) is 9.90. The molecule has 4 aromatic heterocycles. The highest BCUT2D eigenvalue weighted by Gasteiger charge is 2.33. The van der Waals surface area contributed by atoms with E-state index in [0.29, 0.717) is 12.3 Å². The number of carbonyl (C=O) groups is 1. The quantitative estimate of drug-likeness (QED) is 0.421. The molecule has 5 rings (SSSR count). The summed E-state index contributed by atoms with van der Waals surface area (Å²) in [5.74, 6) is -0.108. The van der Waals surface area contributed by atoms with Crippen molar-refractivity contribution in [2.24, 2.45) is 13.0 Å². The standard InChI is InChI=1S/C22H21BrN4O3/c1-26-18(22(28)29-2)10-17-21(26)19-16(9-14(23)11-25-19)27(17)20(13-6-8-30-12-13)15-5-3-4-7-24-15/h3-5,7,9-11,13,20H,6,8,12H2,1-2H3. The molecule has 154 valence electrons. The Morgan fingerprint density at radius 1 is 1.30 bits per heavy atom. The topological polar surface area (TPSA) is 71.2 Å². The largest absolute Gasteiger partial charge is 0.464 e. The molecular weight excluding hydrogens is 448 g/mol. The van der Waals surface area contributed by atoms with E-state index >= 15 is 0 Å². The van der Waals surface area contributed by atoms with Crippen molar-refractivity contribution in [3.63, 3.8) is 0 Å². The van der Waals surface area contributed by atoms with Crippen LogP contribution in [0.3, 0.4) is 0 Å². The van der Waals surface area contributed by atoms with Crippen LogP contribution in [0.4, 0.5) is 0 Å². The number of nitrogens with zero attached hydrogens (tertiary/aromatic N) is 4. The van der Waals surface area contributed by atoms with E-state index in [4.69, 9.17) is 14.5 Å². The molecule has 1 aliphatic heterocycles. The van der Waals surface area contributed by atoms with Gasteiger partial charge in [-0.2, -0.15) is 0 Å². The number of pyridine rings is 2. The maximum absolute atomic E-state index is 12.4. The zero-order chi connectivity index (χ0) is 20.8. The number of fused-ring (bicyclic) bond motifs is 3. The van der Waals surface area contributed by atoms with Crippen LogP contribution >= 0.6 is 15.9 Å². The van der Waals surface area contributed by atoms with E-state index in [-0.39, 0.29) is 17.9 Å². The fraction of sp³-hybridized carbons (Fsp3) is 0.318. The van der Waals surface area contributed by atoms with Crippen LogP contribution in [0.5, 0.6) is 0 Å². The van der Waals surface area contributed by atoms with Crippen LogP contribution in [0.2, 0.25) is 0 Å². The lowest BCUT2D eigenvalue weighted by Gasteiger charge is -2.25. The average Bonchev–Trinajstić information content (AvgIpc) is 3.47. The van der Waals surface area contributed by atoms with Gasteiger partial charge in [0.15, 0.2) is 0 Å². The first-order valence-electron chi connectivity index (χ1n) is 9.82. The number of rotatable bonds is 4.